The molecule has 1 saturated carbocycles. The minimum Gasteiger partial charge on any atom is -0.450 e. The molecule has 1 fully saturated rings. The Morgan fingerprint density at radius 3 is 1.79 bits per heavy atom. The van der Waals surface area contributed by atoms with E-state index in [2.05, 4.69) is 25.7 Å². The summed E-state index contributed by atoms with van der Waals surface area (Å²) in [5, 5.41) is 22.0. The van der Waals surface area contributed by atoms with Crippen molar-refractivity contribution < 1.29 is 34.7 Å². The number of rotatable bonds is 1. The molecule has 1 aliphatic carbocycles. The largest absolute Gasteiger partial charge is 0.540 e. The van der Waals surface area contributed by atoms with Crippen LogP contribution in [0.2, 0.25) is 0 Å². The number of ether oxygens (including phenoxy) is 1. The van der Waals surface area contributed by atoms with Gasteiger partial charge in [0.25, 0.3) is 0 Å². The molecular weight excluding hydrogens is 256 g/mol. The van der Waals surface area contributed by atoms with Crippen LogP contribution in [0.3, 0.4) is 0 Å². The molecule has 19 heavy (non-hydrogen) atoms. The summed E-state index contributed by atoms with van der Waals surface area (Å²) < 4.78 is 4.89. The highest BCUT2D eigenvalue weighted by Gasteiger charge is 2.31. The first-order valence-electron chi connectivity index (χ1n) is 6.10. The first kappa shape index (κ1) is 17.5. The standard InChI is InChI=1S/C11H20O4.CH2O3/c1-11(2,3)8-4-6-9(7-5-8)14-10(12)15-13;2-1(3)4/h8-9,13H,4-7H2,1-3H3;(H2,2,3,4). The minimum atomic E-state index is -1.83. The van der Waals surface area contributed by atoms with E-state index in [9.17, 15) is 4.79 Å². The quantitative estimate of drug-likeness (QED) is 0.382. The molecule has 1 rings (SSSR count). The van der Waals surface area contributed by atoms with Crippen LogP contribution in [0, 0.1) is 11.3 Å². The van der Waals surface area contributed by atoms with Gasteiger partial charge in [-0.2, -0.15) is 5.26 Å². The van der Waals surface area contributed by atoms with Gasteiger partial charge >= 0.3 is 12.3 Å². The van der Waals surface area contributed by atoms with Crippen molar-refractivity contribution >= 4 is 12.3 Å². The van der Waals surface area contributed by atoms with Crippen molar-refractivity contribution in [3.8, 4) is 0 Å². The topological polar surface area (TPSA) is 113 Å². The number of hydrogen-bond donors (Lipinski definition) is 3. The highest BCUT2D eigenvalue weighted by molar-refractivity contribution is 5.59. The second-order valence-corrected chi connectivity index (χ2v) is 5.58. The van der Waals surface area contributed by atoms with Gasteiger partial charge in [0.2, 0.25) is 0 Å². The van der Waals surface area contributed by atoms with Gasteiger partial charge in [-0.25, -0.2) is 9.59 Å². The van der Waals surface area contributed by atoms with E-state index in [0.717, 1.165) is 25.7 Å². The van der Waals surface area contributed by atoms with E-state index >= 15 is 0 Å². The number of carbonyl (C=O) groups is 2. The Morgan fingerprint density at radius 1 is 1.05 bits per heavy atom. The van der Waals surface area contributed by atoms with Gasteiger partial charge in [0.05, 0.1) is 0 Å². The van der Waals surface area contributed by atoms with Crippen molar-refractivity contribution in [2.45, 2.75) is 52.6 Å². The maximum Gasteiger partial charge on any atom is 0.540 e. The van der Waals surface area contributed by atoms with E-state index < -0.39 is 12.3 Å². The summed E-state index contributed by atoms with van der Waals surface area (Å²) >= 11 is 0. The van der Waals surface area contributed by atoms with E-state index in [1.807, 2.05) is 0 Å². The summed E-state index contributed by atoms with van der Waals surface area (Å²) in [7, 11) is 0. The van der Waals surface area contributed by atoms with Crippen LogP contribution in [-0.2, 0) is 9.62 Å². The van der Waals surface area contributed by atoms with Gasteiger partial charge < -0.3 is 14.9 Å². The molecule has 0 unspecified atom stereocenters. The van der Waals surface area contributed by atoms with E-state index in [1.165, 1.54) is 0 Å². The third-order valence-corrected chi connectivity index (χ3v) is 3.24. The van der Waals surface area contributed by atoms with Gasteiger partial charge in [-0.15, -0.1) is 0 Å². The lowest BCUT2D eigenvalue weighted by molar-refractivity contribution is -0.206. The van der Waals surface area contributed by atoms with Crippen molar-refractivity contribution in [1.29, 1.82) is 0 Å². The zero-order chi connectivity index (χ0) is 15.1. The molecule has 0 amide bonds. The lowest BCUT2D eigenvalue weighted by atomic mass is 9.72. The molecule has 0 aliphatic heterocycles. The second kappa shape index (κ2) is 7.83. The molecule has 3 N–H and O–H groups in total. The molecule has 0 aromatic heterocycles. The smallest absolute Gasteiger partial charge is 0.450 e. The predicted octanol–water partition coefficient (Wildman–Crippen LogP) is 3.44. The maximum absolute atomic E-state index is 10.7. The van der Waals surface area contributed by atoms with E-state index in [1.54, 1.807) is 0 Å². The summed E-state index contributed by atoms with van der Waals surface area (Å²) in [5.41, 5.74) is 0.322. The van der Waals surface area contributed by atoms with Crippen molar-refractivity contribution in [3.63, 3.8) is 0 Å². The summed E-state index contributed by atoms with van der Waals surface area (Å²) in [6.07, 6.45) is 0.922. The monoisotopic (exact) mass is 278 g/mol. The van der Waals surface area contributed by atoms with Crippen molar-refractivity contribution in [2.75, 3.05) is 0 Å². The van der Waals surface area contributed by atoms with Crippen LogP contribution in [0.25, 0.3) is 0 Å². The normalized spacial score (nSPS) is 22.7. The first-order chi connectivity index (χ1) is 8.66. The highest BCUT2D eigenvalue weighted by Crippen LogP contribution is 2.38. The Bertz CT molecular complexity index is 283. The van der Waals surface area contributed by atoms with Crippen molar-refractivity contribution in [1.82, 2.24) is 0 Å². The first-order valence-corrected chi connectivity index (χ1v) is 6.10. The fourth-order valence-electron chi connectivity index (χ4n) is 2.20. The van der Waals surface area contributed by atoms with Crippen LogP contribution >= 0.6 is 0 Å². The summed E-state index contributed by atoms with van der Waals surface area (Å²) in [6.45, 7) is 6.71. The van der Waals surface area contributed by atoms with Crippen LogP contribution in [0.4, 0.5) is 9.59 Å². The van der Waals surface area contributed by atoms with Crippen LogP contribution in [0.1, 0.15) is 46.5 Å². The fraction of sp³-hybridized carbons (Fsp3) is 0.833. The Labute approximate surface area is 112 Å². The minimum absolute atomic E-state index is 0.0942. The van der Waals surface area contributed by atoms with E-state index in [-0.39, 0.29) is 6.10 Å². The predicted molar refractivity (Wildman–Crippen MR) is 66.0 cm³/mol. The number of hydrogen-bond acceptors (Lipinski definition) is 5. The summed E-state index contributed by atoms with van der Waals surface area (Å²) in [4.78, 5) is 22.7. The van der Waals surface area contributed by atoms with Gasteiger partial charge in [-0.05, 0) is 37.0 Å². The Kier molecular flexibility index (Phi) is 7.21. The average Bonchev–Trinajstić information content (AvgIpc) is 2.27. The molecule has 0 bridgehead atoms. The molecule has 112 valence electrons. The SMILES string of the molecule is CC(C)(C)C1CCC(OC(=O)OO)CC1.O=C(O)O. The van der Waals surface area contributed by atoms with E-state index in [4.69, 9.17) is 25.0 Å². The molecule has 0 heterocycles. The summed E-state index contributed by atoms with van der Waals surface area (Å²) in [5.74, 6) is 0.683. The maximum atomic E-state index is 10.7. The van der Waals surface area contributed by atoms with Crippen LogP contribution in [0.15, 0.2) is 0 Å². The summed E-state index contributed by atoms with van der Waals surface area (Å²) in [6, 6.07) is 0. The molecule has 0 radical (unpaired) electrons. The fourth-order valence-corrected chi connectivity index (χ4v) is 2.20. The third kappa shape index (κ3) is 8.25. The van der Waals surface area contributed by atoms with Crippen LogP contribution in [0.5, 0.6) is 0 Å². The molecule has 0 saturated heterocycles. The van der Waals surface area contributed by atoms with Crippen molar-refractivity contribution in [2.24, 2.45) is 11.3 Å². The van der Waals surface area contributed by atoms with Crippen LogP contribution < -0.4 is 0 Å². The Morgan fingerprint density at radius 2 is 1.47 bits per heavy atom. The van der Waals surface area contributed by atoms with Gasteiger partial charge in [0.15, 0.2) is 0 Å². The Hall–Kier alpha value is -1.50. The van der Waals surface area contributed by atoms with Crippen LogP contribution in [-0.4, -0.2) is 33.9 Å². The lowest BCUT2D eigenvalue weighted by Gasteiger charge is -2.36. The molecule has 0 atom stereocenters. The average molecular weight is 278 g/mol. The molecule has 0 aromatic carbocycles. The lowest BCUT2D eigenvalue weighted by Crippen LogP contribution is -2.30. The second-order valence-electron chi connectivity index (χ2n) is 5.58. The molecule has 7 nitrogen and oxygen atoms in total. The molecule has 0 spiro atoms. The molecule has 7 heteroatoms. The van der Waals surface area contributed by atoms with Gasteiger partial charge in [-0.1, -0.05) is 20.8 Å². The zero-order valence-corrected chi connectivity index (χ0v) is 11.5. The zero-order valence-electron chi connectivity index (χ0n) is 11.5. The highest BCUT2D eigenvalue weighted by atomic mass is 17.1. The van der Waals surface area contributed by atoms with Crippen molar-refractivity contribution in [3.05, 3.63) is 0 Å². The number of carbonyl (C=O) groups excluding carboxylic acids is 1. The molecular formula is C12H22O7. The molecule has 0 aromatic rings. The van der Waals surface area contributed by atoms with Gasteiger partial charge in [0.1, 0.15) is 6.10 Å². The van der Waals surface area contributed by atoms with E-state index in [0.29, 0.717) is 11.3 Å². The number of carboxylic acid groups (broad SMARTS) is 2. The third-order valence-electron chi connectivity index (χ3n) is 3.24. The van der Waals surface area contributed by atoms with Gasteiger partial charge in [0, 0.05) is 0 Å². The molecule has 1 aliphatic rings. The van der Waals surface area contributed by atoms with Gasteiger partial charge in [-0.3, -0.25) is 4.89 Å². The Balaban J connectivity index is 0.000000711.